The van der Waals surface area contributed by atoms with Gasteiger partial charge in [0.05, 0.1) is 21.3 Å². The van der Waals surface area contributed by atoms with Gasteiger partial charge in [0.15, 0.2) is 0 Å². The van der Waals surface area contributed by atoms with Gasteiger partial charge in [0.1, 0.15) is 22.3 Å². The number of hydrogen-bond donors (Lipinski definition) is 2. The normalized spacial score (nSPS) is 10.3. The Morgan fingerprint density at radius 3 is 2.38 bits per heavy atom. The minimum absolute atomic E-state index is 0.0915. The van der Waals surface area contributed by atoms with E-state index < -0.39 is 0 Å². The molecule has 32 heavy (non-hydrogen) atoms. The summed E-state index contributed by atoms with van der Waals surface area (Å²) in [5.74, 6) is 1.19. The van der Waals surface area contributed by atoms with E-state index >= 15 is 0 Å². The third-order valence-corrected chi connectivity index (χ3v) is 5.34. The van der Waals surface area contributed by atoms with Gasteiger partial charge >= 0.3 is 0 Å². The number of nitrogens with one attached hydrogen (secondary N) is 2. The summed E-state index contributed by atoms with van der Waals surface area (Å²) in [6.45, 7) is 0.164. The lowest BCUT2D eigenvalue weighted by atomic mass is 10.1. The van der Waals surface area contributed by atoms with Crippen molar-refractivity contribution in [1.82, 2.24) is 15.5 Å². The van der Waals surface area contributed by atoms with Crippen LogP contribution in [0.3, 0.4) is 0 Å². The molecular formula is C22H24N4O5S. The van der Waals surface area contributed by atoms with Gasteiger partial charge in [-0.15, -0.1) is 10.2 Å². The number of methoxy groups -OCH3 is 3. The van der Waals surface area contributed by atoms with Crippen LogP contribution in [0.4, 0.5) is 5.13 Å². The van der Waals surface area contributed by atoms with Gasteiger partial charge in [-0.05, 0) is 18.2 Å². The second-order valence-electron chi connectivity index (χ2n) is 6.64. The van der Waals surface area contributed by atoms with E-state index in [0.717, 1.165) is 16.3 Å². The van der Waals surface area contributed by atoms with E-state index in [-0.39, 0.29) is 24.8 Å². The number of nitrogens with zero attached hydrogens (tertiary/aromatic N) is 2. The highest BCUT2D eigenvalue weighted by Crippen LogP contribution is 2.24. The van der Waals surface area contributed by atoms with E-state index in [1.807, 2.05) is 24.3 Å². The molecule has 0 aliphatic rings. The maximum atomic E-state index is 12.4. The highest BCUT2D eigenvalue weighted by atomic mass is 32.1. The van der Waals surface area contributed by atoms with E-state index in [2.05, 4.69) is 20.8 Å². The standard InChI is InChI=1S/C22H24N4O5S/c1-29-16-10-15(11-17(13-16)30-2)21(28)23-9-8-19(27)24-22-26-25-20(32-22)12-14-6-4-5-7-18(14)31-3/h4-7,10-11,13H,8-9,12H2,1-3H3,(H,23,28)(H,24,26,27). The summed E-state index contributed by atoms with van der Waals surface area (Å²) in [4.78, 5) is 24.6. The SMILES string of the molecule is COc1cc(OC)cc(C(=O)NCCC(=O)Nc2nnc(Cc3ccccc3OC)s2)c1. The first kappa shape index (κ1) is 23.0. The van der Waals surface area contributed by atoms with Crippen molar-refractivity contribution >= 4 is 28.3 Å². The van der Waals surface area contributed by atoms with Crippen LogP contribution in [0.15, 0.2) is 42.5 Å². The molecule has 2 amide bonds. The fourth-order valence-electron chi connectivity index (χ4n) is 2.90. The van der Waals surface area contributed by atoms with E-state index in [4.69, 9.17) is 14.2 Å². The molecule has 168 valence electrons. The molecule has 9 nitrogen and oxygen atoms in total. The first-order valence-electron chi connectivity index (χ1n) is 9.77. The van der Waals surface area contributed by atoms with Crippen LogP contribution in [0.5, 0.6) is 17.2 Å². The summed E-state index contributed by atoms with van der Waals surface area (Å²) in [7, 11) is 4.64. The zero-order chi connectivity index (χ0) is 22.9. The zero-order valence-electron chi connectivity index (χ0n) is 18.0. The van der Waals surface area contributed by atoms with Crippen LogP contribution in [0.2, 0.25) is 0 Å². The van der Waals surface area contributed by atoms with Crippen LogP contribution >= 0.6 is 11.3 Å². The van der Waals surface area contributed by atoms with Crippen LogP contribution < -0.4 is 24.8 Å². The van der Waals surface area contributed by atoms with E-state index in [1.54, 1.807) is 25.3 Å². The Labute approximate surface area is 189 Å². The molecule has 1 aromatic heterocycles. The maximum absolute atomic E-state index is 12.4. The van der Waals surface area contributed by atoms with Crippen LogP contribution in [-0.4, -0.2) is 49.9 Å². The number of ether oxygens (including phenoxy) is 3. The van der Waals surface area contributed by atoms with Crippen molar-refractivity contribution in [1.29, 1.82) is 0 Å². The molecule has 0 saturated carbocycles. The molecule has 10 heteroatoms. The Bertz CT molecular complexity index is 1060. The van der Waals surface area contributed by atoms with Crippen molar-refractivity contribution in [2.75, 3.05) is 33.2 Å². The minimum atomic E-state index is -0.329. The molecule has 1 heterocycles. The van der Waals surface area contributed by atoms with Gasteiger partial charge in [0.25, 0.3) is 5.91 Å². The van der Waals surface area contributed by atoms with Gasteiger partial charge in [-0.1, -0.05) is 29.5 Å². The van der Waals surface area contributed by atoms with E-state index in [1.165, 1.54) is 25.6 Å². The van der Waals surface area contributed by atoms with Gasteiger partial charge in [-0.3, -0.25) is 9.59 Å². The Balaban J connectivity index is 1.49. The number of aromatic nitrogens is 2. The van der Waals surface area contributed by atoms with Gasteiger partial charge < -0.3 is 24.8 Å². The quantitative estimate of drug-likeness (QED) is 0.482. The van der Waals surface area contributed by atoms with E-state index in [9.17, 15) is 9.59 Å². The Kier molecular flexibility index (Phi) is 7.98. The summed E-state index contributed by atoms with van der Waals surface area (Å²) >= 11 is 1.30. The lowest BCUT2D eigenvalue weighted by Crippen LogP contribution is -2.27. The van der Waals surface area contributed by atoms with Crippen molar-refractivity contribution in [3.05, 3.63) is 58.6 Å². The number of carbonyl (C=O) groups is 2. The molecule has 0 saturated heterocycles. The molecule has 0 spiro atoms. The number of carbonyl (C=O) groups excluding carboxylic acids is 2. The molecule has 0 aliphatic carbocycles. The van der Waals surface area contributed by atoms with Crippen LogP contribution in [0.25, 0.3) is 0 Å². The van der Waals surface area contributed by atoms with Gasteiger partial charge in [-0.2, -0.15) is 0 Å². The largest absolute Gasteiger partial charge is 0.497 e. The van der Waals surface area contributed by atoms with Crippen LogP contribution in [-0.2, 0) is 11.2 Å². The van der Waals surface area contributed by atoms with E-state index in [0.29, 0.717) is 28.6 Å². The number of hydrogen-bond acceptors (Lipinski definition) is 8. The zero-order valence-corrected chi connectivity index (χ0v) is 18.8. The molecule has 0 radical (unpaired) electrons. The summed E-state index contributed by atoms with van der Waals surface area (Å²) in [5.41, 5.74) is 1.37. The molecular weight excluding hydrogens is 432 g/mol. The number of benzene rings is 2. The molecule has 0 unspecified atom stereocenters. The summed E-state index contributed by atoms with van der Waals surface area (Å²) < 4.78 is 15.7. The van der Waals surface area contributed by atoms with Crippen molar-refractivity contribution in [2.45, 2.75) is 12.8 Å². The average Bonchev–Trinajstić information content (AvgIpc) is 3.25. The smallest absolute Gasteiger partial charge is 0.251 e. The predicted molar refractivity (Wildman–Crippen MR) is 121 cm³/mol. The van der Waals surface area contributed by atoms with Gasteiger partial charge in [-0.25, -0.2) is 0 Å². The minimum Gasteiger partial charge on any atom is -0.497 e. The van der Waals surface area contributed by atoms with Crippen molar-refractivity contribution in [3.8, 4) is 17.2 Å². The molecule has 2 N–H and O–H groups in total. The highest BCUT2D eigenvalue weighted by Gasteiger charge is 2.13. The first-order valence-corrected chi connectivity index (χ1v) is 10.6. The van der Waals surface area contributed by atoms with Gasteiger partial charge in [0.2, 0.25) is 11.0 Å². The topological polar surface area (TPSA) is 112 Å². The third kappa shape index (κ3) is 6.17. The fourth-order valence-corrected chi connectivity index (χ4v) is 3.68. The summed E-state index contributed by atoms with van der Waals surface area (Å²) in [5, 5.41) is 14.7. The monoisotopic (exact) mass is 456 g/mol. The number of anilines is 1. The lowest BCUT2D eigenvalue weighted by Gasteiger charge is -2.09. The Morgan fingerprint density at radius 2 is 1.69 bits per heavy atom. The summed E-state index contributed by atoms with van der Waals surface area (Å²) in [6, 6.07) is 12.5. The second-order valence-corrected chi connectivity index (χ2v) is 7.71. The molecule has 0 atom stereocenters. The lowest BCUT2D eigenvalue weighted by molar-refractivity contribution is -0.116. The Morgan fingerprint density at radius 1 is 0.969 bits per heavy atom. The van der Waals surface area contributed by atoms with Crippen molar-refractivity contribution < 1.29 is 23.8 Å². The predicted octanol–water partition coefficient (Wildman–Crippen LogP) is 2.91. The maximum Gasteiger partial charge on any atom is 0.251 e. The van der Waals surface area contributed by atoms with Crippen LogP contribution in [0, 0.1) is 0 Å². The van der Waals surface area contributed by atoms with Gasteiger partial charge in [0, 0.05) is 36.6 Å². The Hall–Kier alpha value is -3.66. The third-order valence-electron chi connectivity index (χ3n) is 4.50. The van der Waals surface area contributed by atoms with Crippen molar-refractivity contribution in [2.24, 2.45) is 0 Å². The summed E-state index contributed by atoms with van der Waals surface area (Å²) in [6.07, 6.45) is 0.645. The fraction of sp³-hybridized carbons (Fsp3) is 0.273. The molecule has 0 fully saturated rings. The molecule has 0 aliphatic heterocycles. The van der Waals surface area contributed by atoms with Crippen LogP contribution in [0.1, 0.15) is 27.3 Å². The first-order chi connectivity index (χ1) is 15.5. The van der Waals surface area contributed by atoms with Crippen molar-refractivity contribution in [3.63, 3.8) is 0 Å². The molecule has 3 aromatic rings. The molecule has 3 rings (SSSR count). The molecule has 2 aromatic carbocycles. The highest BCUT2D eigenvalue weighted by molar-refractivity contribution is 7.15. The second kappa shape index (κ2) is 11.1. The number of amides is 2. The average molecular weight is 457 g/mol. The molecule has 0 bridgehead atoms. The number of rotatable bonds is 10. The number of para-hydroxylation sites is 1.